The summed E-state index contributed by atoms with van der Waals surface area (Å²) in [5.74, 6) is 0.403. The third-order valence-electron chi connectivity index (χ3n) is 8.30. The monoisotopic (exact) mass is 572 g/mol. The molecule has 0 radical (unpaired) electrons. The maximum Gasteiger partial charge on any atom is 0.314 e. The number of carbonyl (C=O) groups is 1. The van der Waals surface area contributed by atoms with Crippen LogP contribution < -0.4 is 4.74 Å². The van der Waals surface area contributed by atoms with Gasteiger partial charge in [0.05, 0.1) is 31.8 Å². The van der Waals surface area contributed by atoms with E-state index in [0.29, 0.717) is 32.7 Å². The lowest BCUT2D eigenvalue weighted by molar-refractivity contribution is -0.151. The van der Waals surface area contributed by atoms with Crippen molar-refractivity contribution in [3.8, 4) is 5.75 Å². The lowest BCUT2D eigenvalue weighted by Gasteiger charge is -2.35. The molecule has 40 heavy (non-hydrogen) atoms. The Labute approximate surface area is 241 Å². The van der Waals surface area contributed by atoms with Gasteiger partial charge >= 0.3 is 5.97 Å². The Morgan fingerprint density at radius 1 is 0.950 bits per heavy atom. The maximum absolute atomic E-state index is 12.8. The van der Waals surface area contributed by atoms with Gasteiger partial charge in [0.15, 0.2) is 14.4 Å². The molecule has 1 fully saturated rings. The SMILES string of the molecule is CC[Si](CC)(CC)O[C@@H](CCOCc1ccccc1)C[C@@H](O)[C@H]1OC(=O)C(C)(C)[C@@H]1OCc1ccc(OC)cc1. The van der Waals surface area contributed by atoms with E-state index in [0.717, 1.165) is 35.0 Å². The van der Waals surface area contributed by atoms with Crippen molar-refractivity contribution in [1.29, 1.82) is 0 Å². The Kier molecular flexibility index (Phi) is 12.2. The number of ether oxygens (including phenoxy) is 4. The summed E-state index contributed by atoms with van der Waals surface area (Å²) in [7, 11) is -0.326. The van der Waals surface area contributed by atoms with Crippen molar-refractivity contribution >= 4 is 14.3 Å². The van der Waals surface area contributed by atoms with E-state index in [1.807, 2.05) is 68.4 Å². The third kappa shape index (κ3) is 8.39. The second-order valence-corrected chi connectivity index (χ2v) is 16.0. The molecule has 7 nitrogen and oxygen atoms in total. The van der Waals surface area contributed by atoms with E-state index in [9.17, 15) is 9.90 Å². The van der Waals surface area contributed by atoms with Crippen LogP contribution in [0.4, 0.5) is 0 Å². The zero-order valence-corrected chi connectivity index (χ0v) is 26.1. The van der Waals surface area contributed by atoms with Crippen molar-refractivity contribution in [2.75, 3.05) is 13.7 Å². The first-order valence-electron chi connectivity index (χ1n) is 14.6. The van der Waals surface area contributed by atoms with Gasteiger partial charge in [-0.3, -0.25) is 4.79 Å². The molecule has 1 N–H and O–H groups in total. The van der Waals surface area contributed by atoms with Crippen LogP contribution in [0, 0.1) is 5.41 Å². The predicted octanol–water partition coefficient (Wildman–Crippen LogP) is 6.28. The molecule has 1 saturated heterocycles. The van der Waals surface area contributed by atoms with Crippen LogP contribution in [0.1, 0.15) is 58.6 Å². The fourth-order valence-electron chi connectivity index (χ4n) is 5.32. The second kappa shape index (κ2) is 15.1. The van der Waals surface area contributed by atoms with Crippen molar-refractivity contribution in [2.24, 2.45) is 5.41 Å². The van der Waals surface area contributed by atoms with E-state index >= 15 is 0 Å². The molecule has 8 heteroatoms. The number of aliphatic hydroxyl groups is 1. The number of hydrogen-bond acceptors (Lipinski definition) is 7. The minimum atomic E-state index is -1.95. The van der Waals surface area contributed by atoms with Crippen LogP contribution in [-0.2, 0) is 36.6 Å². The Balaban J connectivity index is 1.69. The molecule has 0 saturated carbocycles. The molecule has 0 aromatic heterocycles. The van der Waals surface area contributed by atoms with E-state index < -0.39 is 32.0 Å². The topological polar surface area (TPSA) is 83.5 Å². The van der Waals surface area contributed by atoms with Gasteiger partial charge in [0, 0.05) is 19.1 Å². The first kappa shape index (κ1) is 32.3. The molecule has 0 spiro atoms. The van der Waals surface area contributed by atoms with Gasteiger partial charge in [-0.15, -0.1) is 0 Å². The van der Waals surface area contributed by atoms with Crippen molar-refractivity contribution < 1.29 is 33.3 Å². The zero-order valence-electron chi connectivity index (χ0n) is 25.1. The molecule has 0 amide bonds. The van der Waals surface area contributed by atoms with Gasteiger partial charge in [-0.05, 0) is 61.7 Å². The summed E-state index contributed by atoms with van der Waals surface area (Å²) in [5.41, 5.74) is 1.18. The molecular weight excluding hydrogens is 524 g/mol. The van der Waals surface area contributed by atoms with Crippen LogP contribution in [0.2, 0.25) is 18.1 Å². The van der Waals surface area contributed by atoms with E-state index in [1.54, 1.807) is 7.11 Å². The summed E-state index contributed by atoms with van der Waals surface area (Å²) in [6, 6.07) is 20.7. The number of aliphatic hydroxyl groups excluding tert-OH is 1. The van der Waals surface area contributed by atoms with Gasteiger partial charge < -0.3 is 28.5 Å². The zero-order chi connectivity index (χ0) is 29.2. The number of methoxy groups -OCH3 is 1. The molecule has 2 aromatic carbocycles. The van der Waals surface area contributed by atoms with Gasteiger partial charge in [0.2, 0.25) is 0 Å². The highest BCUT2D eigenvalue weighted by atomic mass is 28.4. The van der Waals surface area contributed by atoms with Crippen LogP contribution in [0.25, 0.3) is 0 Å². The number of esters is 1. The summed E-state index contributed by atoms with van der Waals surface area (Å²) < 4.78 is 30.1. The van der Waals surface area contributed by atoms with Gasteiger partial charge in [0.25, 0.3) is 0 Å². The molecule has 1 heterocycles. The van der Waals surface area contributed by atoms with Crippen LogP contribution >= 0.6 is 0 Å². The lowest BCUT2D eigenvalue weighted by Crippen LogP contribution is -2.46. The summed E-state index contributed by atoms with van der Waals surface area (Å²) >= 11 is 0. The summed E-state index contributed by atoms with van der Waals surface area (Å²) in [4.78, 5) is 12.8. The highest BCUT2D eigenvalue weighted by Crippen LogP contribution is 2.39. The molecule has 1 aliphatic rings. The Hall–Kier alpha value is -2.23. The highest BCUT2D eigenvalue weighted by molar-refractivity contribution is 6.73. The fourth-order valence-corrected chi connectivity index (χ4v) is 8.24. The van der Waals surface area contributed by atoms with Gasteiger partial charge in [-0.2, -0.15) is 0 Å². The first-order valence-corrected chi connectivity index (χ1v) is 17.1. The molecule has 0 unspecified atom stereocenters. The highest BCUT2D eigenvalue weighted by Gasteiger charge is 2.54. The van der Waals surface area contributed by atoms with Crippen molar-refractivity contribution in [2.45, 2.75) is 103 Å². The fraction of sp³-hybridized carbons (Fsp3) is 0.594. The molecule has 2 aromatic rings. The average Bonchev–Trinajstić information content (AvgIpc) is 3.21. The van der Waals surface area contributed by atoms with Crippen LogP contribution in [-0.4, -0.2) is 57.5 Å². The van der Waals surface area contributed by atoms with Gasteiger partial charge in [-0.1, -0.05) is 63.2 Å². The van der Waals surface area contributed by atoms with E-state index in [4.69, 9.17) is 23.4 Å². The van der Waals surface area contributed by atoms with E-state index in [-0.39, 0.29) is 12.1 Å². The Morgan fingerprint density at radius 2 is 1.57 bits per heavy atom. The lowest BCUT2D eigenvalue weighted by atomic mass is 9.84. The first-order chi connectivity index (χ1) is 19.2. The normalized spacial score (nSPS) is 20.2. The standard InChI is InChI=1S/C32H48O7Si/c1-7-40(8-2,9-3)39-27(19-20-36-22-24-13-11-10-12-14-24)21-28(33)29-30(32(4,5)31(34)38-29)37-23-25-15-17-26(35-6)18-16-25/h10-18,27-30,33H,7-9,19-23H2,1-6H3/t27-,28+,29+,30+/m0/s1. The summed E-state index contributed by atoms with van der Waals surface area (Å²) in [5, 5.41) is 11.5. The molecule has 4 atom stereocenters. The summed E-state index contributed by atoms with van der Waals surface area (Å²) in [6.45, 7) is 11.6. The Bertz CT molecular complexity index is 1020. The van der Waals surface area contributed by atoms with Crippen LogP contribution in [0.3, 0.4) is 0 Å². The Morgan fingerprint density at radius 3 is 2.17 bits per heavy atom. The van der Waals surface area contributed by atoms with Crippen molar-refractivity contribution in [3.05, 3.63) is 65.7 Å². The molecule has 0 bridgehead atoms. The number of rotatable bonds is 17. The van der Waals surface area contributed by atoms with Crippen molar-refractivity contribution in [3.63, 3.8) is 0 Å². The quantitative estimate of drug-likeness (QED) is 0.136. The third-order valence-corrected chi connectivity index (χ3v) is 13.0. The van der Waals surface area contributed by atoms with E-state index in [2.05, 4.69) is 20.8 Å². The smallest absolute Gasteiger partial charge is 0.314 e. The van der Waals surface area contributed by atoms with E-state index in [1.165, 1.54) is 0 Å². The van der Waals surface area contributed by atoms with Crippen molar-refractivity contribution in [1.82, 2.24) is 0 Å². The minimum Gasteiger partial charge on any atom is -0.497 e. The molecule has 222 valence electrons. The largest absolute Gasteiger partial charge is 0.497 e. The number of carbonyl (C=O) groups excluding carboxylic acids is 1. The number of cyclic esters (lactones) is 1. The maximum atomic E-state index is 12.8. The number of hydrogen-bond donors (Lipinski definition) is 1. The predicted molar refractivity (Wildman–Crippen MR) is 159 cm³/mol. The number of benzene rings is 2. The molecule has 0 aliphatic carbocycles. The molecule has 1 aliphatic heterocycles. The van der Waals surface area contributed by atoms with Gasteiger partial charge in [-0.25, -0.2) is 0 Å². The second-order valence-electron chi connectivity index (χ2n) is 11.3. The molecule has 3 rings (SSSR count). The van der Waals surface area contributed by atoms with Crippen LogP contribution in [0.15, 0.2) is 54.6 Å². The van der Waals surface area contributed by atoms with Gasteiger partial charge in [0.1, 0.15) is 11.9 Å². The van der Waals surface area contributed by atoms with Crippen LogP contribution in [0.5, 0.6) is 5.75 Å². The average molecular weight is 573 g/mol. The summed E-state index contributed by atoms with van der Waals surface area (Å²) in [6.07, 6.45) is -1.51. The molecular formula is C32H48O7Si. The minimum absolute atomic E-state index is 0.207.